The molecule has 1 saturated heterocycles. The van der Waals surface area contributed by atoms with E-state index in [2.05, 4.69) is 31.6 Å². The second kappa shape index (κ2) is 32.5. The number of methoxy groups -OCH3 is 1. The minimum Gasteiger partial charge on any atom is -0.507 e. The maximum absolute atomic E-state index is 15.0. The van der Waals surface area contributed by atoms with Crippen molar-refractivity contribution in [2.75, 3.05) is 43.9 Å². The maximum Gasteiger partial charge on any atom is 0.410 e. The van der Waals surface area contributed by atoms with Gasteiger partial charge in [0.25, 0.3) is 23.5 Å². The van der Waals surface area contributed by atoms with Gasteiger partial charge in [-0.2, -0.15) is 0 Å². The molecule has 100 heavy (non-hydrogen) atoms. The number of esters is 1. The number of phenolic OH excluding ortho intramolecular Hbond substituents is 2. The van der Waals surface area contributed by atoms with Crippen molar-refractivity contribution in [2.24, 2.45) is 45.3 Å². The molecular formula is C71H92N10O19. The number of rotatable bonds is 20. The Hall–Kier alpha value is -9.74. The maximum atomic E-state index is 15.0. The molecule has 29 heteroatoms. The van der Waals surface area contributed by atoms with Crippen molar-refractivity contribution in [2.45, 2.75) is 175 Å². The van der Waals surface area contributed by atoms with E-state index in [-0.39, 0.29) is 132 Å². The number of likely N-dealkylation sites (tertiary alicyclic amines) is 1. The third-order valence-corrected chi connectivity index (χ3v) is 19.1. The molecule has 0 aromatic heterocycles. The number of carbonyl (C=O) groups is 10. The number of unbranched alkanes of at least 4 members (excludes halogenated alkanes) is 2. The highest BCUT2D eigenvalue weighted by Gasteiger charge is 2.51. The Labute approximate surface area is 578 Å². The van der Waals surface area contributed by atoms with Gasteiger partial charge < -0.3 is 81.3 Å². The van der Waals surface area contributed by atoms with E-state index in [1.165, 1.54) is 70.3 Å². The van der Waals surface area contributed by atoms with Crippen molar-refractivity contribution in [3.8, 4) is 17.2 Å². The molecule has 3 aromatic carbocycles. The molecule has 9 amide bonds. The number of fused-ring (bicyclic) bond motifs is 1. The number of anilines is 2. The molecule has 0 aliphatic carbocycles. The molecule has 1 fully saturated rings. The van der Waals surface area contributed by atoms with E-state index in [9.17, 15) is 63.6 Å². The Morgan fingerprint density at radius 3 is 2.16 bits per heavy atom. The van der Waals surface area contributed by atoms with Crippen molar-refractivity contribution in [3.05, 3.63) is 100.0 Å². The fraction of sp³-hybridized carbons (Fsp3) is 0.521. The van der Waals surface area contributed by atoms with Gasteiger partial charge in [-0.1, -0.05) is 78.3 Å². The van der Waals surface area contributed by atoms with Gasteiger partial charge in [0, 0.05) is 124 Å². The summed E-state index contributed by atoms with van der Waals surface area (Å²) in [4.78, 5) is 144. The number of amides is 9. The number of ether oxygens (including phenoxy) is 5. The largest absolute Gasteiger partial charge is 0.507 e. The van der Waals surface area contributed by atoms with Crippen LogP contribution >= 0.6 is 0 Å². The first kappa shape index (κ1) is 76.0. The highest BCUT2D eigenvalue weighted by Crippen LogP contribution is 2.51. The summed E-state index contributed by atoms with van der Waals surface area (Å²) in [5.74, 6) is -11.0. The van der Waals surface area contributed by atoms with E-state index in [1.54, 1.807) is 78.0 Å². The van der Waals surface area contributed by atoms with Crippen LogP contribution in [0.5, 0.6) is 17.2 Å². The molecule has 3 aromatic rings. The number of ketones is 1. The number of hydrogen-bond donors (Lipinski definition) is 10. The van der Waals surface area contributed by atoms with Crippen LogP contribution in [0.4, 0.5) is 21.0 Å². The Morgan fingerprint density at radius 2 is 1.52 bits per heavy atom. The number of carbonyl (C=O) groups excluding carboxylic acids is 10. The van der Waals surface area contributed by atoms with Gasteiger partial charge in [0.1, 0.15) is 52.7 Å². The number of nitrogens with zero attached hydrogens (tertiary/aromatic N) is 4. The number of Topliss-reactive ketones (excluding diaryl/α,β-unsaturated/α-hetero) is 1. The van der Waals surface area contributed by atoms with Crippen LogP contribution in [0.3, 0.4) is 0 Å². The van der Waals surface area contributed by atoms with Gasteiger partial charge in [-0.15, -0.1) is 0 Å². The zero-order valence-corrected chi connectivity index (χ0v) is 58.2. The molecule has 0 radical (unpaired) electrons. The van der Waals surface area contributed by atoms with E-state index < -0.39 is 131 Å². The number of aromatic hydroxyl groups is 2. The second-order valence-electron chi connectivity index (χ2n) is 26.8. The van der Waals surface area contributed by atoms with Gasteiger partial charge in [-0.3, -0.25) is 48.2 Å². The average Bonchev–Trinajstić information content (AvgIpc) is 1.52. The van der Waals surface area contributed by atoms with Gasteiger partial charge >= 0.3 is 23.9 Å². The number of imide groups is 1. The zero-order chi connectivity index (χ0) is 73.2. The number of piperidine rings is 1. The lowest BCUT2D eigenvalue weighted by Crippen LogP contribution is -2.54. The van der Waals surface area contributed by atoms with Crippen LogP contribution < -0.4 is 47.8 Å². The average molecular weight is 1390 g/mol. The van der Waals surface area contributed by atoms with Crippen molar-refractivity contribution in [3.63, 3.8) is 0 Å². The highest BCUT2D eigenvalue weighted by molar-refractivity contribution is 6.22. The first-order valence-corrected chi connectivity index (χ1v) is 33.6. The van der Waals surface area contributed by atoms with Gasteiger partial charge in [0.2, 0.25) is 17.7 Å². The van der Waals surface area contributed by atoms with Crippen LogP contribution in [0, 0.1) is 36.5 Å². The van der Waals surface area contributed by atoms with Crippen LogP contribution in [-0.4, -0.2) is 171 Å². The van der Waals surface area contributed by atoms with Crippen molar-refractivity contribution in [1.82, 2.24) is 25.8 Å². The number of primary amides is 1. The number of benzene rings is 3. The first-order chi connectivity index (χ1) is 47.3. The summed E-state index contributed by atoms with van der Waals surface area (Å²) in [5, 5.41) is 61.3. The summed E-state index contributed by atoms with van der Waals surface area (Å²) in [6, 6.07) is 3.51. The molecule has 11 N–H and O–H groups in total. The number of nitrogens with one attached hydrogen (secondary N) is 5. The molecule has 0 saturated carbocycles. The first-order valence-electron chi connectivity index (χ1n) is 33.6. The van der Waals surface area contributed by atoms with Crippen LogP contribution in [0.25, 0.3) is 10.8 Å². The van der Waals surface area contributed by atoms with E-state index >= 15 is 4.79 Å². The third-order valence-electron chi connectivity index (χ3n) is 19.1. The standard InChI is InChI=1S/C71H92N10O19/c1-36(2)54(76-48(83)20-13-12-14-31-81-49(84)25-26-50(81)85)67(93)75-46(19-16-30-73-68(72)94)66(92)74-45-23-21-44(22-24-45)35-97-69(95)80-32-28-71(29-33-80)78-55-51-52-60(88)42(8)63-53(51)64(90)70(10,100-63)98-34-27-47(96-11)39(5)62(99-43(9)82)41(7)59(87)40(6)58(86)37(3)17-15-18-38(4)65(91)77-57(61(52)89)56(55)79-71/h15,17-18,21-27,34,36-37,39-41,46-47,54,58-59,62,78,86-89H,12-14,16,19-20,28-33,35H2,1-11H3,(H,74,92)(H,75,93)(H,76,83)(H3,72,73,94)/b17-15+,34-27+,38-18-,77-57?/t37-,39-,40+,41+,46-,47-,54-,58-,59+,62+,70-/m0/s1. The summed E-state index contributed by atoms with van der Waals surface area (Å²) in [6.45, 7) is 16.2. The SMILES string of the molecule is CO[C@H]1/C=C/O[C@@]2(C)Oc3c(C)c(O)c4c(O)c(c5c(c4c3C2=O)NC2(CCN(C(=O)OCc3ccc(NC(=O)[C@H](CCCNC(N)=O)NC(=O)[C@@H](NC(=O)CCCCCN4C(=O)C=CC4=O)C(C)C)cc3)CC2)N=5)=NC(=O)/C(C)=C\C=C\[C@H](C)[C@H](O)[C@@H](C)[C@@H](O)[C@@H](C)[C@H](OC(C)=O)[C@H]1C. The lowest BCUT2D eigenvalue weighted by Gasteiger charge is -2.38. The number of hydrogen-bond acceptors (Lipinski definition) is 21. The Balaban J connectivity index is 0.976. The summed E-state index contributed by atoms with van der Waals surface area (Å²) < 4.78 is 29.9. The van der Waals surface area contributed by atoms with Gasteiger partial charge in [-0.05, 0) is 69.2 Å². The van der Waals surface area contributed by atoms with Crippen LogP contribution in [0.15, 0.2) is 82.5 Å². The van der Waals surface area contributed by atoms with Crippen LogP contribution in [-0.2, 0) is 59.1 Å². The quantitative estimate of drug-likeness (QED) is 0.0310. The number of phenols is 2. The second-order valence-corrected chi connectivity index (χ2v) is 26.8. The summed E-state index contributed by atoms with van der Waals surface area (Å²) in [7, 11) is 1.42. The highest BCUT2D eigenvalue weighted by atomic mass is 16.7. The van der Waals surface area contributed by atoms with Gasteiger partial charge in [0.15, 0.2) is 5.75 Å². The van der Waals surface area contributed by atoms with Gasteiger partial charge in [0.05, 0.1) is 41.2 Å². The molecule has 4 bridgehead atoms. The fourth-order valence-corrected chi connectivity index (χ4v) is 13.0. The number of allylic oxidation sites excluding steroid dienone is 2. The molecule has 540 valence electrons. The fourth-order valence-electron chi connectivity index (χ4n) is 13.0. The zero-order valence-electron chi connectivity index (χ0n) is 58.2. The molecule has 5 aliphatic rings. The van der Waals surface area contributed by atoms with Crippen molar-refractivity contribution >= 4 is 81.5 Å². The summed E-state index contributed by atoms with van der Waals surface area (Å²) >= 11 is 0. The predicted molar refractivity (Wildman–Crippen MR) is 363 cm³/mol. The van der Waals surface area contributed by atoms with Crippen LogP contribution in [0.1, 0.15) is 135 Å². The Bertz CT molecular complexity index is 3920. The number of nitrogens with two attached hydrogens (primary N) is 1. The molecule has 5 aliphatic heterocycles. The molecular weight excluding hydrogens is 1300 g/mol. The molecule has 11 atom stereocenters. The minimum atomic E-state index is -2.10. The van der Waals surface area contributed by atoms with Crippen molar-refractivity contribution < 1.29 is 92.1 Å². The monoisotopic (exact) mass is 1390 g/mol. The lowest BCUT2D eigenvalue weighted by molar-refractivity contribution is -0.160. The normalized spacial score (nSPS) is 25.3. The molecule has 29 nitrogen and oxygen atoms in total. The summed E-state index contributed by atoms with van der Waals surface area (Å²) in [6.07, 6.45) is 7.12. The Morgan fingerprint density at radius 1 is 0.840 bits per heavy atom. The Kier molecular flexibility index (Phi) is 24.7. The summed E-state index contributed by atoms with van der Waals surface area (Å²) in [5.41, 5.74) is 5.06. The topological polar surface area (TPSA) is 415 Å². The molecule has 5 heterocycles. The van der Waals surface area contributed by atoms with E-state index in [0.717, 1.165) is 4.90 Å². The minimum absolute atomic E-state index is 0.00862. The number of aliphatic hydroxyl groups is 2. The number of aliphatic hydroxyl groups excluding tert-OH is 2. The van der Waals surface area contributed by atoms with E-state index in [0.29, 0.717) is 30.5 Å². The molecule has 0 unspecified atom stereocenters. The van der Waals surface area contributed by atoms with E-state index in [1.807, 2.05) is 0 Å². The predicted octanol–water partition coefficient (Wildman–Crippen LogP) is 4.93. The van der Waals surface area contributed by atoms with Crippen LogP contribution in [0.2, 0.25) is 0 Å². The number of urea groups is 1. The third kappa shape index (κ3) is 17.3. The van der Waals surface area contributed by atoms with E-state index in [4.69, 9.17) is 34.4 Å². The molecule has 8 rings (SSSR count). The molecule has 1 spiro atoms. The smallest absolute Gasteiger partial charge is 0.410 e. The van der Waals surface area contributed by atoms with Gasteiger partial charge in [-0.25, -0.2) is 14.6 Å². The lowest BCUT2D eigenvalue weighted by atomic mass is 9.78. The van der Waals surface area contributed by atoms with Crippen molar-refractivity contribution in [1.29, 1.82) is 0 Å².